The van der Waals surface area contributed by atoms with Crippen LogP contribution >= 0.6 is 0 Å². The highest BCUT2D eigenvalue weighted by molar-refractivity contribution is 5.72. The number of hydrogen-bond donors (Lipinski definition) is 0. The Balaban J connectivity index is 1.79. The third-order valence-electron chi connectivity index (χ3n) is 5.06. The smallest absolute Gasteiger partial charge is 0.241 e. The van der Waals surface area contributed by atoms with Crippen molar-refractivity contribution in [2.24, 2.45) is 0 Å². The summed E-state index contributed by atoms with van der Waals surface area (Å²) >= 11 is 0. The van der Waals surface area contributed by atoms with Crippen molar-refractivity contribution in [1.82, 2.24) is 15.0 Å². The van der Waals surface area contributed by atoms with Crippen LogP contribution in [0.5, 0.6) is 23.0 Å². The molecule has 0 unspecified atom stereocenters. The van der Waals surface area contributed by atoms with Gasteiger partial charge in [-0.2, -0.15) is 4.98 Å². The van der Waals surface area contributed by atoms with E-state index in [1.165, 1.54) is 5.56 Å². The largest absolute Gasteiger partial charge is 0.497 e. The summed E-state index contributed by atoms with van der Waals surface area (Å²) in [6.45, 7) is 2.62. The van der Waals surface area contributed by atoms with E-state index in [0.717, 1.165) is 5.75 Å². The lowest BCUT2D eigenvalue weighted by Crippen LogP contribution is -2.22. The summed E-state index contributed by atoms with van der Waals surface area (Å²) in [7, 11) is 8.36. The maximum atomic E-state index is 5.52. The average Bonchev–Trinajstić information content (AvgIpc) is 3.25. The second-order valence-corrected chi connectivity index (χ2v) is 6.76. The minimum Gasteiger partial charge on any atom is -0.497 e. The fraction of sp³-hybridized carbons (Fsp3) is 0.364. The Morgan fingerprint density at radius 1 is 0.900 bits per heavy atom. The van der Waals surface area contributed by atoms with Gasteiger partial charge < -0.3 is 23.5 Å². The van der Waals surface area contributed by atoms with Crippen LogP contribution < -0.4 is 18.9 Å². The molecule has 8 heteroatoms. The van der Waals surface area contributed by atoms with Gasteiger partial charge in [-0.15, -0.1) is 0 Å². The summed E-state index contributed by atoms with van der Waals surface area (Å²) < 4.78 is 27.0. The molecule has 0 aliphatic rings. The van der Waals surface area contributed by atoms with E-state index in [1.807, 2.05) is 37.4 Å². The average molecular weight is 413 g/mol. The summed E-state index contributed by atoms with van der Waals surface area (Å²) in [5.74, 6) is 3.30. The fourth-order valence-corrected chi connectivity index (χ4v) is 3.19. The molecule has 1 aromatic heterocycles. The van der Waals surface area contributed by atoms with Crippen molar-refractivity contribution in [2.75, 3.05) is 35.5 Å². The van der Waals surface area contributed by atoms with Crippen LogP contribution in [0.1, 0.15) is 24.4 Å². The van der Waals surface area contributed by atoms with Crippen LogP contribution in [0.4, 0.5) is 0 Å². The monoisotopic (exact) mass is 413 g/mol. The Morgan fingerprint density at radius 2 is 1.60 bits per heavy atom. The molecule has 0 bridgehead atoms. The molecule has 2 aromatic carbocycles. The van der Waals surface area contributed by atoms with Gasteiger partial charge in [0.15, 0.2) is 11.5 Å². The van der Waals surface area contributed by atoms with Gasteiger partial charge in [-0.3, -0.25) is 4.90 Å². The zero-order valence-electron chi connectivity index (χ0n) is 18.1. The first kappa shape index (κ1) is 21.4. The molecule has 0 fully saturated rings. The molecule has 3 aromatic rings. The predicted molar refractivity (Wildman–Crippen MR) is 112 cm³/mol. The van der Waals surface area contributed by atoms with E-state index in [4.69, 9.17) is 23.5 Å². The van der Waals surface area contributed by atoms with E-state index in [2.05, 4.69) is 22.0 Å². The summed E-state index contributed by atoms with van der Waals surface area (Å²) in [6.07, 6.45) is 0. The molecule has 3 rings (SSSR count). The summed E-state index contributed by atoms with van der Waals surface area (Å²) in [4.78, 5) is 6.68. The molecule has 0 spiro atoms. The highest BCUT2D eigenvalue weighted by Gasteiger charge is 2.22. The van der Waals surface area contributed by atoms with Crippen molar-refractivity contribution in [3.63, 3.8) is 0 Å². The molecule has 0 saturated carbocycles. The number of methoxy groups -OCH3 is 4. The van der Waals surface area contributed by atoms with Crippen molar-refractivity contribution in [1.29, 1.82) is 0 Å². The summed E-state index contributed by atoms with van der Waals surface area (Å²) in [5.41, 5.74) is 1.83. The second-order valence-electron chi connectivity index (χ2n) is 6.76. The molecular formula is C22H27N3O5. The van der Waals surface area contributed by atoms with Crippen LogP contribution in [-0.4, -0.2) is 50.5 Å². The molecule has 0 N–H and O–H groups in total. The van der Waals surface area contributed by atoms with Crippen molar-refractivity contribution in [2.45, 2.75) is 19.5 Å². The van der Waals surface area contributed by atoms with E-state index in [0.29, 0.717) is 41.1 Å². The first-order chi connectivity index (χ1) is 14.5. The van der Waals surface area contributed by atoms with Crippen molar-refractivity contribution >= 4 is 0 Å². The van der Waals surface area contributed by atoms with Crippen LogP contribution in [0.2, 0.25) is 0 Å². The van der Waals surface area contributed by atoms with Crippen LogP contribution in [-0.2, 0) is 6.54 Å². The molecule has 1 atom stereocenters. The number of hydrogen-bond acceptors (Lipinski definition) is 8. The Hall–Kier alpha value is -3.26. The highest BCUT2D eigenvalue weighted by Crippen LogP contribution is 2.43. The highest BCUT2D eigenvalue weighted by atomic mass is 16.5. The lowest BCUT2D eigenvalue weighted by atomic mass is 10.1. The van der Waals surface area contributed by atoms with Crippen molar-refractivity contribution < 1.29 is 23.5 Å². The molecule has 160 valence electrons. The van der Waals surface area contributed by atoms with Gasteiger partial charge in [0.1, 0.15) is 5.75 Å². The standard InChI is InChI=1S/C22H27N3O5/c1-14(15-7-9-16(26-3)10-8-15)25(2)13-19-23-22(24-30-19)17-11-12-18(27-4)21(29-6)20(17)28-5/h7-12,14H,13H2,1-6H3/t14-/m1/s1. The molecule has 0 saturated heterocycles. The number of ether oxygens (including phenoxy) is 4. The molecule has 30 heavy (non-hydrogen) atoms. The summed E-state index contributed by atoms with van der Waals surface area (Å²) in [6, 6.07) is 11.8. The Morgan fingerprint density at radius 3 is 2.20 bits per heavy atom. The van der Waals surface area contributed by atoms with Gasteiger partial charge in [0.25, 0.3) is 0 Å². The Bertz CT molecular complexity index is 971. The van der Waals surface area contributed by atoms with Crippen LogP contribution in [0.25, 0.3) is 11.4 Å². The Labute approximate surface area is 176 Å². The van der Waals surface area contributed by atoms with E-state index in [1.54, 1.807) is 34.5 Å². The van der Waals surface area contributed by atoms with Gasteiger partial charge >= 0.3 is 0 Å². The number of aromatic nitrogens is 2. The lowest BCUT2D eigenvalue weighted by Gasteiger charge is -2.23. The van der Waals surface area contributed by atoms with Gasteiger partial charge in [0, 0.05) is 6.04 Å². The maximum Gasteiger partial charge on any atom is 0.241 e. The molecule has 0 radical (unpaired) electrons. The first-order valence-electron chi connectivity index (χ1n) is 9.48. The van der Waals surface area contributed by atoms with E-state index < -0.39 is 0 Å². The topological polar surface area (TPSA) is 79.1 Å². The third kappa shape index (κ3) is 4.33. The number of nitrogens with zero attached hydrogens (tertiary/aromatic N) is 3. The van der Waals surface area contributed by atoms with Crippen LogP contribution in [0.15, 0.2) is 40.9 Å². The molecule has 1 heterocycles. The lowest BCUT2D eigenvalue weighted by molar-refractivity contribution is 0.216. The van der Waals surface area contributed by atoms with E-state index in [-0.39, 0.29) is 6.04 Å². The summed E-state index contributed by atoms with van der Waals surface area (Å²) in [5, 5.41) is 4.13. The third-order valence-corrected chi connectivity index (χ3v) is 5.06. The molecule has 8 nitrogen and oxygen atoms in total. The second kappa shape index (κ2) is 9.49. The van der Waals surface area contributed by atoms with Gasteiger partial charge in [-0.05, 0) is 43.8 Å². The first-order valence-corrected chi connectivity index (χ1v) is 9.48. The quantitative estimate of drug-likeness (QED) is 0.522. The number of rotatable bonds is 9. The molecule has 0 aliphatic carbocycles. The minimum atomic E-state index is 0.155. The normalized spacial score (nSPS) is 12.0. The molecule has 0 amide bonds. The van der Waals surface area contributed by atoms with Gasteiger partial charge in [0.05, 0.1) is 40.5 Å². The van der Waals surface area contributed by atoms with Gasteiger partial charge in [-0.25, -0.2) is 0 Å². The van der Waals surface area contributed by atoms with Crippen LogP contribution in [0.3, 0.4) is 0 Å². The molecule has 0 aliphatic heterocycles. The number of benzene rings is 2. The van der Waals surface area contributed by atoms with Gasteiger partial charge in [0.2, 0.25) is 17.5 Å². The van der Waals surface area contributed by atoms with Crippen molar-refractivity contribution in [3.05, 3.63) is 47.9 Å². The molecular weight excluding hydrogens is 386 g/mol. The maximum absolute atomic E-state index is 5.52. The minimum absolute atomic E-state index is 0.155. The van der Waals surface area contributed by atoms with Crippen molar-refractivity contribution in [3.8, 4) is 34.4 Å². The SMILES string of the molecule is COc1ccc([C@@H](C)N(C)Cc2nc(-c3ccc(OC)c(OC)c3OC)no2)cc1. The zero-order chi connectivity index (χ0) is 21.7. The van der Waals surface area contributed by atoms with E-state index >= 15 is 0 Å². The zero-order valence-corrected chi connectivity index (χ0v) is 18.1. The predicted octanol–water partition coefficient (Wildman–Crippen LogP) is 3.96. The Kier molecular flexibility index (Phi) is 6.79. The van der Waals surface area contributed by atoms with Gasteiger partial charge in [-0.1, -0.05) is 17.3 Å². The van der Waals surface area contributed by atoms with E-state index in [9.17, 15) is 0 Å². The fourth-order valence-electron chi connectivity index (χ4n) is 3.19. The van der Waals surface area contributed by atoms with Crippen LogP contribution in [0, 0.1) is 0 Å².